The van der Waals surface area contributed by atoms with Gasteiger partial charge in [0.15, 0.2) is 0 Å². The standard InChI is InChI=1S/C15H13Cl3N2O3S2/c16-10-5-11(17)15(12(18)6-10)25(22,23)19-7-14(21)20-3-1-13-9(8-20)2-4-24-13/h2,4-6,19H,1,3,7-8H2. The van der Waals surface area contributed by atoms with Crippen molar-refractivity contribution in [2.75, 3.05) is 13.1 Å². The number of rotatable bonds is 4. The number of hydrogen-bond donors (Lipinski definition) is 1. The highest BCUT2D eigenvalue weighted by Gasteiger charge is 2.26. The second-order valence-electron chi connectivity index (χ2n) is 5.46. The minimum atomic E-state index is -4.04. The molecule has 1 amide bonds. The average molecular weight is 440 g/mol. The van der Waals surface area contributed by atoms with Gasteiger partial charge in [-0.05, 0) is 35.6 Å². The summed E-state index contributed by atoms with van der Waals surface area (Å²) in [5.41, 5.74) is 1.11. The van der Waals surface area contributed by atoms with Crippen molar-refractivity contribution in [1.82, 2.24) is 9.62 Å². The van der Waals surface area contributed by atoms with E-state index in [9.17, 15) is 13.2 Å². The van der Waals surface area contributed by atoms with E-state index in [1.807, 2.05) is 11.4 Å². The zero-order valence-corrected chi connectivity index (χ0v) is 16.7. The fourth-order valence-electron chi connectivity index (χ4n) is 2.59. The fourth-order valence-corrected chi connectivity index (χ4v) is 5.99. The summed E-state index contributed by atoms with van der Waals surface area (Å²) in [6.45, 7) is 0.690. The molecule has 0 saturated carbocycles. The van der Waals surface area contributed by atoms with Gasteiger partial charge in [-0.3, -0.25) is 4.79 Å². The summed E-state index contributed by atoms with van der Waals surface area (Å²) in [5.74, 6) is -0.304. The molecule has 10 heteroatoms. The molecule has 2 aromatic rings. The van der Waals surface area contributed by atoms with Crippen LogP contribution in [0.3, 0.4) is 0 Å². The van der Waals surface area contributed by atoms with Crippen LogP contribution in [0.25, 0.3) is 0 Å². The van der Waals surface area contributed by atoms with E-state index in [1.54, 1.807) is 16.2 Å². The Hall–Kier alpha value is -0.830. The van der Waals surface area contributed by atoms with Crippen molar-refractivity contribution in [3.63, 3.8) is 0 Å². The third-order valence-corrected chi connectivity index (χ3v) is 7.37. The van der Waals surface area contributed by atoms with Gasteiger partial charge in [-0.1, -0.05) is 34.8 Å². The second kappa shape index (κ2) is 7.42. The van der Waals surface area contributed by atoms with Crippen LogP contribution in [-0.4, -0.2) is 32.3 Å². The summed E-state index contributed by atoms with van der Waals surface area (Å²) in [6.07, 6.45) is 0.778. The number of benzene rings is 1. The Balaban J connectivity index is 1.70. The van der Waals surface area contributed by atoms with Gasteiger partial charge in [-0.15, -0.1) is 11.3 Å². The molecule has 1 aliphatic rings. The van der Waals surface area contributed by atoms with E-state index < -0.39 is 10.0 Å². The van der Waals surface area contributed by atoms with E-state index in [4.69, 9.17) is 34.8 Å². The van der Waals surface area contributed by atoms with E-state index in [-0.39, 0.29) is 32.4 Å². The van der Waals surface area contributed by atoms with Crippen LogP contribution < -0.4 is 4.72 Å². The van der Waals surface area contributed by atoms with Crippen LogP contribution in [0.2, 0.25) is 15.1 Å². The number of halogens is 3. The zero-order valence-electron chi connectivity index (χ0n) is 12.8. The van der Waals surface area contributed by atoms with Gasteiger partial charge in [-0.2, -0.15) is 0 Å². The molecule has 1 aliphatic heterocycles. The molecular formula is C15H13Cl3N2O3S2. The van der Waals surface area contributed by atoms with Gasteiger partial charge < -0.3 is 4.90 Å². The summed E-state index contributed by atoms with van der Waals surface area (Å²) in [6, 6.07) is 4.55. The normalized spacial score (nSPS) is 14.4. The van der Waals surface area contributed by atoms with Gasteiger partial charge in [0, 0.05) is 23.0 Å². The number of nitrogens with zero attached hydrogens (tertiary/aromatic N) is 1. The van der Waals surface area contributed by atoms with Crippen LogP contribution in [0.5, 0.6) is 0 Å². The summed E-state index contributed by atoms with van der Waals surface area (Å²) in [7, 11) is -4.04. The van der Waals surface area contributed by atoms with Crippen molar-refractivity contribution in [3.8, 4) is 0 Å². The van der Waals surface area contributed by atoms with Crippen LogP contribution in [0.4, 0.5) is 0 Å². The number of thiophene rings is 1. The van der Waals surface area contributed by atoms with Gasteiger partial charge in [0.05, 0.1) is 16.6 Å². The minimum absolute atomic E-state index is 0.0988. The van der Waals surface area contributed by atoms with Crippen molar-refractivity contribution in [2.45, 2.75) is 17.9 Å². The van der Waals surface area contributed by atoms with Crippen molar-refractivity contribution < 1.29 is 13.2 Å². The number of carbonyl (C=O) groups excluding carboxylic acids is 1. The molecule has 2 heterocycles. The van der Waals surface area contributed by atoms with E-state index in [2.05, 4.69) is 4.72 Å². The molecule has 0 aliphatic carbocycles. The second-order valence-corrected chi connectivity index (χ2v) is 9.41. The molecule has 134 valence electrons. The van der Waals surface area contributed by atoms with Crippen molar-refractivity contribution in [1.29, 1.82) is 0 Å². The first-order valence-corrected chi connectivity index (χ1v) is 10.7. The number of carbonyl (C=O) groups is 1. The predicted octanol–water partition coefficient (Wildman–Crippen LogP) is 3.57. The number of sulfonamides is 1. The topological polar surface area (TPSA) is 66.5 Å². The molecule has 0 bridgehead atoms. The first-order chi connectivity index (χ1) is 11.8. The first kappa shape index (κ1) is 18.9. The smallest absolute Gasteiger partial charge is 0.244 e. The van der Waals surface area contributed by atoms with Crippen LogP contribution in [0.15, 0.2) is 28.5 Å². The maximum absolute atomic E-state index is 12.4. The highest BCUT2D eigenvalue weighted by molar-refractivity contribution is 7.89. The Morgan fingerprint density at radius 3 is 2.60 bits per heavy atom. The van der Waals surface area contributed by atoms with Gasteiger partial charge in [0.1, 0.15) is 4.90 Å². The first-order valence-electron chi connectivity index (χ1n) is 7.25. The summed E-state index contributed by atoms with van der Waals surface area (Å²) in [5, 5.41) is 2.02. The minimum Gasteiger partial charge on any atom is -0.337 e. The predicted molar refractivity (Wildman–Crippen MR) is 100 cm³/mol. The molecule has 0 saturated heterocycles. The molecule has 0 atom stereocenters. The lowest BCUT2D eigenvalue weighted by Gasteiger charge is -2.27. The Labute approximate surface area is 164 Å². The van der Waals surface area contributed by atoms with Crippen molar-refractivity contribution >= 4 is 62.1 Å². The molecule has 3 rings (SSSR count). The van der Waals surface area contributed by atoms with Crippen molar-refractivity contribution in [2.24, 2.45) is 0 Å². The number of hydrogen-bond acceptors (Lipinski definition) is 4. The Kier molecular flexibility index (Phi) is 5.63. The fraction of sp³-hybridized carbons (Fsp3) is 0.267. The van der Waals surface area contributed by atoms with E-state index >= 15 is 0 Å². The van der Waals surface area contributed by atoms with Gasteiger partial charge in [0.25, 0.3) is 0 Å². The molecule has 0 fully saturated rings. The summed E-state index contributed by atoms with van der Waals surface area (Å²) in [4.78, 5) is 15.0. The Morgan fingerprint density at radius 2 is 1.92 bits per heavy atom. The number of fused-ring (bicyclic) bond motifs is 1. The lowest BCUT2D eigenvalue weighted by Crippen LogP contribution is -2.42. The quantitative estimate of drug-likeness (QED) is 0.792. The number of amides is 1. The molecule has 0 spiro atoms. The maximum atomic E-state index is 12.4. The molecular weight excluding hydrogens is 427 g/mol. The highest BCUT2D eigenvalue weighted by Crippen LogP contribution is 2.32. The average Bonchev–Trinajstić information content (AvgIpc) is 2.98. The van der Waals surface area contributed by atoms with Gasteiger partial charge in [0.2, 0.25) is 15.9 Å². The maximum Gasteiger partial charge on any atom is 0.244 e. The third-order valence-electron chi connectivity index (χ3n) is 3.81. The molecule has 25 heavy (non-hydrogen) atoms. The zero-order chi connectivity index (χ0) is 18.2. The van der Waals surface area contributed by atoms with Gasteiger partial charge in [-0.25, -0.2) is 13.1 Å². The molecule has 1 aromatic heterocycles. The molecule has 0 radical (unpaired) electrons. The van der Waals surface area contributed by atoms with Crippen LogP contribution in [-0.2, 0) is 27.8 Å². The van der Waals surface area contributed by atoms with Crippen LogP contribution >= 0.6 is 46.1 Å². The van der Waals surface area contributed by atoms with Crippen LogP contribution in [0.1, 0.15) is 10.4 Å². The summed E-state index contributed by atoms with van der Waals surface area (Å²) >= 11 is 19.3. The lowest BCUT2D eigenvalue weighted by atomic mass is 10.1. The highest BCUT2D eigenvalue weighted by atomic mass is 35.5. The largest absolute Gasteiger partial charge is 0.337 e. The monoisotopic (exact) mass is 438 g/mol. The Morgan fingerprint density at radius 1 is 1.24 bits per heavy atom. The van der Waals surface area contributed by atoms with Crippen molar-refractivity contribution in [3.05, 3.63) is 49.1 Å². The molecule has 0 unspecified atom stereocenters. The van der Waals surface area contributed by atoms with E-state index in [1.165, 1.54) is 17.0 Å². The molecule has 5 nitrogen and oxygen atoms in total. The molecule has 1 N–H and O–H groups in total. The number of nitrogens with one attached hydrogen (secondary N) is 1. The van der Waals surface area contributed by atoms with Crippen LogP contribution in [0, 0.1) is 0 Å². The van der Waals surface area contributed by atoms with E-state index in [0.29, 0.717) is 13.1 Å². The third kappa shape index (κ3) is 4.13. The summed E-state index contributed by atoms with van der Waals surface area (Å²) < 4.78 is 27.1. The van der Waals surface area contributed by atoms with Gasteiger partial charge >= 0.3 is 0 Å². The SMILES string of the molecule is O=C(CNS(=O)(=O)c1c(Cl)cc(Cl)cc1Cl)N1CCc2sccc2C1. The molecule has 1 aromatic carbocycles. The lowest BCUT2D eigenvalue weighted by molar-refractivity contribution is -0.130. The Bertz CT molecular complexity index is 905. The van der Waals surface area contributed by atoms with E-state index in [0.717, 1.165) is 12.0 Å².